The standard InChI is InChI=1S/C24H30N6O9S2/c1-5-26-23(35)37-8-6-7-12-9-40-19-15(28-17(31)14(29-36)13-10-41-22(25)27-13)18(32)30(19)16(12)20(33)38-11-39-21(34)24(2,3)4/h6-7,10,15,19,36H,5,8-9,11H2,1-4H3,(H2,25,27)(H,26,35)(H,28,31)/b7-6-,29-14-/t15-,19-/m1/s1. The predicted molar refractivity (Wildman–Crippen MR) is 148 cm³/mol. The molecule has 2 aliphatic rings. The SMILES string of the molecule is CCNC(=O)OC/C=C\C1=C(C(=O)OCOC(=O)C(C)(C)C)N2C(=O)[C@@H](NC(=O)/C(=N\O)c3csc(N)n3)[C@H]2SC1. The zero-order valence-electron chi connectivity index (χ0n) is 22.7. The second-order valence-corrected chi connectivity index (χ2v) is 11.5. The number of anilines is 1. The summed E-state index contributed by atoms with van der Waals surface area (Å²) in [5, 5.41) is 18.2. The number of rotatable bonds is 10. The van der Waals surface area contributed by atoms with Gasteiger partial charge in [-0.15, -0.1) is 23.1 Å². The van der Waals surface area contributed by atoms with E-state index in [1.165, 1.54) is 29.3 Å². The van der Waals surface area contributed by atoms with E-state index in [2.05, 4.69) is 20.8 Å². The Kier molecular flexibility index (Phi) is 10.3. The zero-order chi connectivity index (χ0) is 30.3. The summed E-state index contributed by atoms with van der Waals surface area (Å²) in [4.78, 5) is 67.7. The maximum absolute atomic E-state index is 13.2. The van der Waals surface area contributed by atoms with Gasteiger partial charge in [0.05, 0.1) is 5.41 Å². The molecule has 0 radical (unpaired) electrons. The number of hydrogen-bond donors (Lipinski definition) is 4. The third-order valence-electron chi connectivity index (χ3n) is 5.50. The Hall–Kier alpha value is -4.12. The van der Waals surface area contributed by atoms with Crippen LogP contribution in [0.1, 0.15) is 33.4 Å². The minimum absolute atomic E-state index is 0.0312. The summed E-state index contributed by atoms with van der Waals surface area (Å²) in [5.41, 5.74) is 4.62. The Labute approximate surface area is 243 Å². The lowest BCUT2D eigenvalue weighted by Gasteiger charge is -2.49. The number of nitrogens with one attached hydrogen (secondary N) is 2. The molecule has 1 aromatic heterocycles. The Balaban J connectivity index is 1.77. The van der Waals surface area contributed by atoms with Gasteiger partial charge in [-0.1, -0.05) is 11.2 Å². The molecule has 17 heteroatoms. The van der Waals surface area contributed by atoms with Gasteiger partial charge in [-0.2, -0.15) is 0 Å². The number of nitrogens with zero attached hydrogens (tertiary/aromatic N) is 3. The molecule has 0 saturated carbocycles. The number of alkyl carbamates (subject to hydrolysis) is 1. The number of allylic oxidation sites excluding steroid dienone is 1. The third-order valence-corrected chi connectivity index (χ3v) is 7.48. The first kappa shape index (κ1) is 31.4. The molecule has 0 aromatic carbocycles. The highest BCUT2D eigenvalue weighted by molar-refractivity contribution is 8.00. The van der Waals surface area contributed by atoms with E-state index in [0.717, 1.165) is 16.2 Å². The number of amides is 3. The van der Waals surface area contributed by atoms with Crippen LogP contribution in [0, 0.1) is 5.41 Å². The molecule has 3 amide bonds. The summed E-state index contributed by atoms with van der Waals surface area (Å²) >= 11 is 2.29. The molecule has 0 bridgehead atoms. The van der Waals surface area contributed by atoms with Crippen molar-refractivity contribution in [3.8, 4) is 0 Å². The number of fused-ring (bicyclic) bond motifs is 1. The molecule has 15 nitrogen and oxygen atoms in total. The average Bonchev–Trinajstić information content (AvgIpc) is 3.34. The number of nitrogens with two attached hydrogens (primary N) is 1. The number of aromatic nitrogens is 1. The van der Waals surface area contributed by atoms with Gasteiger partial charge in [0.1, 0.15) is 29.4 Å². The topological polar surface area (TPSA) is 212 Å². The van der Waals surface area contributed by atoms with Crippen LogP contribution in [0.15, 0.2) is 34.0 Å². The minimum atomic E-state index is -1.06. The number of ether oxygens (including phenoxy) is 3. The number of β-lactam (4-membered cyclic amide) rings is 1. The normalized spacial score (nSPS) is 18.9. The molecule has 3 heterocycles. The lowest BCUT2D eigenvalue weighted by Crippen LogP contribution is -2.71. The number of thiazole rings is 1. The van der Waals surface area contributed by atoms with Gasteiger partial charge in [0, 0.05) is 17.7 Å². The van der Waals surface area contributed by atoms with Crippen molar-refractivity contribution in [1.82, 2.24) is 20.5 Å². The van der Waals surface area contributed by atoms with E-state index in [0.29, 0.717) is 12.1 Å². The van der Waals surface area contributed by atoms with Crippen molar-refractivity contribution in [3.05, 3.63) is 34.5 Å². The quantitative estimate of drug-likeness (QED) is 0.0728. The largest absolute Gasteiger partial charge is 0.445 e. The first-order valence-corrected chi connectivity index (χ1v) is 14.2. The van der Waals surface area contributed by atoms with E-state index in [4.69, 9.17) is 19.9 Å². The van der Waals surface area contributed by atoms with Gasteiger partial charge < -0.3 is 35.8 Å². The van der Waals surface area contributed by atoms with E-state index >= 15 is 0 Å². The van der Waals surface area contributed by atoms with Gasteiger partial charge in [-0.25, -0.2) is 14.6 Å². The molecule has 0 spiro atoms. The van der Waals surface area contributed by atoms with Crippen LogP contribution in [0.2, 0.25) is 0 Å². The summed E-state index contributed by atoms with van der Waals surface area (Å²) in [6.45, 7) is 6.25. The van der Waals surface area contributed by atoms with E-state index in [-0.39, 0.29) is 28.9 Å². The highest BCUT2D eigenvalue weighted by atomic mass is 32.2. The fraction of sp³-hybridized carbons (Fsp3) is 0.458. The summed E-state index contributed by atoms with van der Waals surface area (Å²) in [7, 11) is 0. The van der Waals surface area contributed by atoms with E-state index in [1.807, 2.05) is 0 Å². The molecule has 0 unspecified atom stereocenters. The first-order valence-electron chi connectivity index (χ1n) is 12.2. The van der Waals surface area contributed by atoms with Crippen molar-refractivity contribution in [2.24, 2.45) is 10.6 Å². The summed E-state index contributed by atoms with van der Waals surface area (Å²) in [6.07, 6.45) is 2.39. The van der Waals surface area contributed by atoms with Crippen molar-refractivity contribution in [1.29, 1.82) is 0 Å². The molecule has 2 atom stereocenters. The van der Waals surface area contributed by atoms with Crippen LogP contribution in [0.4, 0.5) is 9.93 Å². The van der Waals surface area contributed by atoms with Gasteiger partial charge in [0.2, 0.25) is 6.79 Å². The van der Waals surface area contributed by atoms with E-state index < -0.39 is 59.2 Å². The van der Waals surface area contributed by atoms with Crippen molar-refractivity contribution in [2.45, 2.75) is 39.1 Å². The highest BCUT2D eigenvalue weighted by Crippen LogP contribution is 2.41. The van der Waals surface area contributed by atoms with E-state index in [9.17, 15) is 29.2 Å². The van der Waals surface area contributed by atoms with Crippen LogP contribution in [0.5, 0.6) is 0 Å². The molecule has 3 rings (SSSR count). The molecule has 1 aromatic rings. The monoisotopic (exact) mass is 610 g/mol. The van der Waals surface area contributed by atoms with Crippen LogP contribution < -0.4 is 16.4 Å². The second-order valence-electron chi connectivity index (χ2n) is 9.52. The maximum atomic E-state index is 13.2. The van der Waals surface area contributed by atoms with E-state index in [1.54, 1.807) is 27.7 Å². The number of carbonyl (C=O) groups excluding carboxylic acids is 5. The number of carbonyl (C=O) groups is 5. The molecule has 1 saturated heterocycles. The lowest BCUT2D eigenvalue weighted by atomic mass is 9.98. The number of hydrogen-bond acceptors (Lipinski definition) is 14. The average molecular weight is 611 g/mol. The van der Waals surface area contributed by atoms with Crippen molar-refractivity contribution >= 4 is 63.8 Å². The van der Waals surface area contributed by atoms with Crippen LogP contribution in [-0.4, -0.2) is 87.8 Å². The van der Waals surface area contributed by atoms with Crippen molar-refractivity contribution in [3.63, 3.8) is 0 Å². The summed E-state index contributed by atoms with van der Waals surface area (Å²) in [5.74, 6) is -2.81. The minimum Gasteiger partial charge on any atom is -0.445 e. The summed E-state index contributed by atoms with van der Waals surface area (Å²) < 4.78 is 15.2. The third kappa shape index (κ3) is 7.55. The lowest BCUT2D eigenvalue weighted by molar-refractivity contribution is -0.173. The molecule has 0 aliphatic carbocycles. The van der Waals surface area contributed by atoms with Crippen LogP contribution in [0.3, 0.4) is 0 Å². The molecular formula is C24H30N6O9S2. The first-order chi connectivity index (χ1) is 19.4. The van der Waals surface area contributed by atoms with Gasteiger partial charge in [-0.05, 0) is 39.3 Å². The summed E-state index contributed by atoms with van der Waals surface area (Å²) in [6, 6.07) is -1.06. The van der Waals surface area contributed by atoms with Crippen molar-refractivity contribution in [2.75, 3.05) is 31.4 Å². The van der Waals surface area contributed by atoms with Crippen LogP contribution in [-0.2, 0) is 33.4 Å². The second kappa shape index (κ2) is 13.5. The Morgan fingerprint density at radius 3 is 2.61 bits per heavy atom. The smallest absolute Gasteiger partial charge is 0.407 e. The molecule has 41 heavy (non-hydrogen) atoms. The van der Waals surface area contributed by atoms with Gasteiger partial charge in [0.25, 0.3) is 11.8 Å². The number of thioether (sulfide) groups is 1. The maximum Gasteiger partial charge on any atom is 0.407 e. The Morgan fingerprint density at radius 1 is 1.27 bits per heavy atom. The highest BCUT2D eigenvalue weighted by Gasteiger charge is 2.54. The van der Waals surface area contributed by atoms with Gasteiger partial charge in [0.15, 0.2) is 10.8 Å². The van der Waals surface area contributed by atoms with Crippen LogP contribution in [0.25, 0.3) is 0 Å². The predicted octanol–water partition coefficient (Wildman–Crippen LogP) is 0.950. The zero-order valence-corrected chi connectivity index (χ0v) is 24.3. The molecular weight excluding hydrogens is 580 g/mol. The molecule has 1 fully saturated rings. The van der Waals surface area contributed by atoms with Crippen molar-refractivity contribution < 1.29 is 43.4 Å². The molecule has 222 valence electrons. The van der Waals surface area contributed by atoms with Gasteiger partial charge in [-0.3, -0.25) is 19.3 Å². The fourth-order valence-corrected chi connectivity index (χ4v) is 5.38. The number of oxime groups is 1. The molecule has 5 N–H and O–H groups in total. The number of esters is 2. The fourth-order valence-electron chi connectivity index (χ4n) is 3.51. The van der Waals surface area contributed by atoms with Gasteiger partial charge >= 0.3 is 18.0 Å². The molecule has 2 aliphatic heterocycles. The Morgan fingerprint density at radius 2 is 2.00 bits per heavy atom. The Bertz CT molecular complexity index is 1300. The number of nitrogen functional groups attached to an aromatic ring is 1. The van der Waals surface area contributed by atoms with Crippen LogP contribution >= 0.6 is 23.1 Å².